The number of aromatic nitrogens is 1. The van der Waals surface area contributed by atoms with Gasteiger partial charge in [-0.05, 0) is 38.0 Å². The van der Waals surface area contributed by atoms with E-state index in [9.17, 15) is 4.79 Å². The third kappa shape index (κ3) is 5.46. The molecule has 1 aromatic heterocycles. The molecule has 4 heteroatoms. The summed E-state index contributed by atoms with van der Waals surface area (Å²) >= 11 is 0. The fourth-order valence-corrected chi connectivity index (χ4v) is 1.37. The summed E-state index contributed by atoms with van der Waals surface area (Å²) in [5, 5.41) is 2.85. The number of nitrogens with two attached hydrogens (primary N) is 1. The van der Waals surface area contributed by atoms with E-state index in [1.165, 1.54) is 5.56 Å². The van der Waals surface area contributed by atoms with Crippen molar-refractivity contribution in [3.05, 3.63) is 30.1 Å². The minimum absolute atomic E-state index is 0.00144. The summed E-state index contributed by atoms with van der Waals surface area (Å²) in [4.78, 5) is 15.4. The molecule has 0 unspecified atom stereocenters. The number of pyridine rings is 1. The normalized spacial score (nSPS) is 11.2. The van der Waals surface area contributed by atoms with Crippen molar-refractivity contribution in [2.24, 2.45) is 5.73 Å². The average molecular weight is 221 g/mol. The molecule has 0 fully saturated rings. The monoisotopic (exact) mass is 221 g/mol. The molecule has 0 aliphatic rings. The highest BCUT2D eigenvalue weighted by molar-refractivity contribution is 5.77. The summed E-state index contributed by atoms with van der Waals surface area (Å²) in [7, 11) is 0. The Kier molecular flexibility index (Phi) is 4.43. The summed E-state index contributed by atoms with van der Waals surface area (Å²) in [6.45, 7) is 4.32. The van der Waals surface area contributed by atoms with Gasteiger partial charge in [0, 0.05) is 30.9 Å². The van der Waals surface area contributed by atoms with E-state index in [0.29, 0.717) is 13.0 Å². The van der Waals surface area contributed by atoms with Crippen molar-refractivity contribution in [3.8, 4) is 0 Å². The number of carbonyl (C=O) groups excluding carboxylic acids is 1. The lowest BCUT2D eigenvalue weighted by molar-refractivity contribution is -0.121. The second-order valence-electron chi connectivity index (χ2n) is 4.62. The zero-order valence-electron chi connectivity index (χ0n) is 9.86. The highest BCUT2D eigenvalue weighted by Gasteiger charge is 2.15. The van der Waals surface area contributed by atoms with E-state index in [1.807, 2.05) is 26.0 Å². The molecule has 0 radical (unpaired) electrons. The number of nitrogens with one attached hydrogen (secondary N) is 1. The van der Waals surface area contributed by atoms with E-state index in [4.69, 9.17) is 5.73 Å². The first-order valence-electron chi connectivity index (χ1n) is 5.42. The molecule has 1 amide bonds. The summed E-state index contributed by atoms with van der Waals surface area (Å²) in [5.74, 6) is 0.00144. The molecule has 88 valence electrons. The number of rotatable bonds is 5. The van der Waals surface area contributed by atoms with Gasteiger partial charge in [-0.25, -0.2) is 0 Å². The maximum atomic E-state index is 11.4. The molecule has 4 nitrogen and oxygen atoms in total. The Bertz CT molecular complexity index is 330. The van der Waals surface area contributed by atoms with E-state index in [-0.39, 0.29) is 5.91 Å². The minimum Gasteiger partial charge on any atom is -0.356 e. The van der Waals surface area contributed by atoms with Crippen molar-refractivity contribution < 1.29 is 4.79 Å². The van der Waals surface area contributed by atoms with Crippen LogP contribution in [-0.2, 0) is 11.2 Å². The van der Waals surface area contributed by atoms with Gasteiger partial charge < -0.3 is 11.1 Å². The lowest BCUT2D eigenvalue weighted by Gasteiger charge is -2.17. The van der Waals surface area contributed by atoms with Crippen LogP contribution in [0, 0.1) is 0 Å². The van der Waals surface area contributed by atoms with Gasteiger partial charge in [-0.1, -0.05) is 0 Å². The quantitative estimate of drug-likeness (QED) is 0.775. The number of hydrogen-bond donors (Lipinski definition) is 2. The Labute approximate surface area is 96.3 Å². The molecule has 0 saturated heterocycles. The molecule has 1 aromatic rings. The van der Waals surface area contributed by atoms with Crippen LogP contribution in [0.1, 0.15) is 25.8 Å². The maximum absolute atomic E-state index is 11.4. The summed E-state index contributed by atoms with van der Waals surface area (Å²) in [6, 6.07) is 3.89. The number of amides is 1. The van der Waals surface area contributed by atoms with Crippen LogP contribution in [0.4, 0.5) is 0 Å². The zero-order chi connectivity index (χ0) is 12.0. The van der Waals surface area contributed by atoms with Crippen LogP contribution in [-0.4, -0.2) is 23.0 Å². The smallest absolute Gasteiger partial charge is 0.221 e. The predicted molar refractivity (Wildman–Crippen MR) is 63.8 cm³/mol. The van der Waals surface area contributed by atoms with Gasteiger partial charge in [-0.2, -0.15) is 0 Å². The summed E-state index contributed by atoms with van der Waals surface area (Å²) in [5.41, 5.74) is 6.48. The Morgan fingerprint density at radius 2 is 2.06 bits per heavy atom. The molecule has 0 aliphatic heterocycles. The van der Waals surface area contributed by atoms with Gasteiger partial charge >= 0.3 is 0 Å². The van der Waals surface area contributed by atoms with E-state index in [0.717, 1.165) is 6.42 Å². The van der Waals surface area contributed by atoms with Gasteiger partial charge in [0.2, 0.25) is 5.91 Å². The fraction of sp³-hybridized carbons (Fsp3) is 0.500. The molecule has 1 heterocycles. The minimum atomic E-state index is -0.444. The Morgan fingerprint density at radius 1 is 1.44 bits per heavy atom. The molecular weight excluding hydrogens is 202 g/mol. The maximum Gasteiger partial charge on any atom is 0.221 e. The molecule has 1 rings (SSSR count). The highest BCUT2D eigenvalue weighted by atomic mass is 16.1. The second kappa shape index (κ2) is 5.61. The summed E-state index contributed by atoms with van der Waals surface area (Å²) < 4.78 is 0. The Morgan fingerprint density at radius 3 is 2.62 bits per heavy atom. The molecule has 0 spiro atoms. The van der Waals surface area contributed by atoms with Gasteiger partial charge in [-0.3, -0.25) is 9.78 Å². The van der Waals surface area contributed by atoms with E-state index in [1.54, 1.807) is 12.4 Å². The van der Waals surface area contributed by atoms with Crippen molar-refractivity contribution in [2.75, 3.05) is 6.54 Å². The summed E-state index contributed by atoms with van der Waals surface area (Å²) in [6.07, 6.45) is 4.67. The van der Waals surface area contributed by atoms with Crippen LogP contribution in [0.5, 0.6) is 0 Å². The van der Waals surface area contributed by atoms with Crippen molar-refractivity contribution in [3.63, 3.8) is 0 Å². The first kappa shape index (κ1) is 12.6. The predicted octanol–water partition coefficient (Wildman–Crippen LogP) is 0.868. The Balaban J connectivity index is 2.24. The third-order valence-corrected chi connectivity index (χ3v) is 2.10. The van der Waals surface area contributed by atoms with Gasteiger partial charge in [0.15, 0.2) is 0 Å². The molecule has 16 heavy (non-hydrogen) atoms. The zero-order valence-corrected chi connectivity index (χ0v) is 9.86. The van der Waals surface area contributed by atoms with Gasteiger partial charge in [0.1, 0.15) is 0 Å². The van der Waals surface area contributed by atoms with Crippen LogP contribution in [0.25, 0.3) is 0 Å². The molecule has 3 N–H and O–H groups in total. The van der Waals surface area contributed by atoms with E-state index in [2.05, 4.69) is 10.3 Å². The largest absolute Gasteiger partial charge is 0.356 e. The highest BCUT2D eigenvalue weighted by Crippen LogP contribution is 2.02. The van der Waals surface area contributed by atoms with Crippen LogP contribution in [0.2, 0.25) is 0 Å². The van der Waals surface area contributed by atoms with Crippen molar-refractivity contribution in [2.45, 2.75) is 32.2 Å². The van der Waals surface area contributed by atoms with Gasteiger partial charge in [0.25, 0.3) is 0 Å². The standard InChI is InChI=1S/C12H19N3O/c1-12(2,13)9-11(16)15-8-5-10-3-6-14-7-4-10/h3-4,6-7H,5,8-9,13H2,1-2H3,(H,15,16). The molecule has 0 saturated carbocycles. The molecule has 0 aliphatic carbocycles. The fourth-order valence-electron chi connectivity index (χ4n) is 1.37. The lowest BCUT2D eigenvalue weighted by atomic mass is 10.0. The SMILES string of the molecule is CC(C)(N)CC(=O)NCCc1ccncc1. The van der Waals surface area contributed by atoms with Crippen LogP contribution in [0.15, 0.2) is 24.5 Å². The molecule has 0 bridgehead atoms. The van der Waals surface area contributed by atoms with Crippen molar-refractivity contribution >= 4 is 5.91 Å². The number of carbonyl (C=O) groups is 1. The van der Waals surface area contributed by atoms with Crippen molar-refractivity contribution in [1.29, 1.82) is 0 Å². The first-order chi connectivity index (χ1) is 7.47. The lowest BCUT2D eigenvalue weighted by Crippen LogP contribution is -2.39. The van der Waals surface area contributed by atoms with Crippen molar-refractivity contribution in [1.82, 2.24) is 10.3 Å². The Hall–Kier alpha value is -1.42. The van der Waals surface area contributed by atoms with Crippen LogP contribution >= 0.6 is 0 Å². The first-order valence-corrected chi connectivity index (χ1v) is 5.42. The average Bonchev–Trinajstić information content (AvgIpc) is 2.16. The molecular formula is C12H19N3O. The molecule has 0 atom stereocenters. The second-order valence-corrected chi connectivity index (χ2v) is 4.62. The van der Waals surface area contributed by atoms with Crippen LogP contribution in [0.3, 0.4) is 0 Å². The molecule has 0 aromatic carbocycles. The van der Waals surface area contributed by atoms with Gasteiger partial charge in [-0.15, -0.1) is 0 Å². The topological polar surface area (TPSA) is 68.0 Å². The van der Waals surface area contributed by atoms with Gasteiger partial charge in [0.05, 0.1) is 0 Å². The van der Waals surface area contributed by atoms with E-state index >= 15 is 0 Å². The number of hydrogen-bond acceptors (Lipinski definition) is 3. The third-order valence-electron chi connectivity index (χ3n) is 2.10. The van der Waals surface area contributed by atoms with Crippen LogP contribution < -0.4 is 11.1 Å². The van der Waals surface area contributed by atoms with E-state index < -0.39 is 5.54 Å². The number of nitrogens with zero attached hydrogens (tertiary/aromatic N) is 1.